The molecule has 0 radical (unpaired) electrons. The maximum atomic E-state index is 12.6. The molecule has 0 unspecified atom stereocenters. The van der Waals surface area contributed by atoms with Gasteiger partial charge in [0, 0.05) is 5.69 Å². The SMILES string of the molecule is Cc1ccc(N)cc1S(=O)(=O)Nc1ccccc1C(C)C. The first-order chi connectivity index (χ1) is 9.81. The summed E-state index contributed by atoms with van der Waals surface area (Å²) in [7, 11) is -3.65. The topological polar surface area (TPSA) is 72.2 Å². The Morgan fingerprint density at radius 3 is 2.43 bits per heavy atom. The second-order valence-corrected chi connectivity index (χ2v) is 7.02. The number of nitrogens with two attached hydrogens (primary N) is 1. The predicted molar refractivity (Wildman–Crippen MR) is 86.9 cm³/mol. The zero-order valence-electron chi connectivity index (χ0n) is 12.4. The summed E-state index contributed by atoms with van der Waals surface area (Å²) < 4.78 is 27.8. The first kappa shape index (κ1) is 15.4. The number of para-hydroxylation sites is 1. The van der Waals surface area contributed by atoms with Crippen LogP contribution in [0, 0.1) is 6.92 Å². The molecule has 2 aromatic carbocycles. The standard InChI is InChI=1S/C16H20N2O2S/c1-11(2)14-6-4-5-7-15(14)18-21(19,20)16-10-13(17)9-8-12(16)3/h4-11,18H,17H2,1-3H3. The molecule has 4 nitrogen and oxygen atoms in total. The Labute approximate surface area is 126 Å². The van der Waals surface area contributed by atoms with Crippen LogP contribution in [-0.4, -0.2) is 8.42 Å². The number of nitrogen functional groups attached to an aromatic ring is 1. The Morgan fingerprint density at radius 2 is 1.76 bits per heavy atom. The van der Waals surface area contributed by atoms with Crippen LogP contribution in [0.5, 0.6) is 0 Å². The molecule has 0 saturated heterocycles. The van der Waals surface area contributed by atoms with Gasteiger partial charge in [0.05, 0.1) is 10.6 Å². The fourth-order valence-electron chi connectivity index (χ4n) is 2.20. The van der Waals surface area contributed by atoms with E-state index in [9.17, 15) is 8.42 Å². The summed E-state index contributed by atoms with van der Waals surface area (Å²) in [6.07, 6.45) is 0. The number of sulfonamides is 1. The molecule has 0 spiro atoms. The molecule has 0 saturated carbocycles. The first-order valence-electron chi connectivity index (χ1n) is 6.79. The summed E-state index contributed by atoms with van der Waals surface area (Å²) >= 11 is 0. The van der Waals surface area contributed by atoms with Gasteiger partial charge in [-0.3, -0.25) is 4.72 Å². The molecule has 0 heterocycles. The number of hydrogen-bond donors (Lipinski definition) is 2. The van der Waals surface area contributed by atoms with Crippen molar-refractivity contribution in [2.24, 2.45) is 0 Å². The van der Waals surface area contributed by atoms with Crippen LogP contribution in [0.15, 0.2) is 47.4 Å². The van der Waals surface area contributed by atoms with Crippen molar-refractivity contribution >= 4 is 21.4 Å². The quantitative estimate of drug-likeness (QED) is 0.849. The maximum Gasteiger partial charge on any atom is 0.262 e. The monoisotopic (exact) mass is 304 g/mol. The van der Waals surface area contributed by atoms with Gasteiger partial charge < -0.3 is 5.73 Å². The van der Waals surface area contributed by atoms with Crippen LogP contribution < -0.4 is 10.5 Å². The third-order valence-electron chi connectivity index (χ3n) is 3.33. The fourth-order valence-corrected chi connectivity index (χ4v) is 3.57. The van der Waals surface area contributed by atoms with Crippen LogP contribution >= 0.6 is 0 Å². The van der Waals surface area contributed by atoms with E-state index < -0.39 is 10.0 Å². The van der Waals surface area contributed by atoms with Gasteiger partial charge in [0.1, 0.15) is 0 Å². The summed E-state index contributed by atoms with van der Waals surface area (Å²) in [6.45, 7) is 5.81. The van der Waals surface area contributed by atoms with Crippen LogP contribution in [0.4, 0.5) is 11.4 Å². The summed E-state index contributed by atoms with van der Waals surface area (Å²) in [6, 6.07) is 12.3. The third kappa shape index (κ3) is 3.36. The van der Waals surface area contributed by atoms with Crippen LogP contribution in [0.1, 0.15) is 30.9 Å². The largest absolute Gasteiger partial charge is 0.399 e. The van der Waals surface area contributed by atoms with Gasteiger partial charge in [0.25, 0.3) is 10.0 Å². The Bertz CT molecular complexity index is 753. The molecule has 0 bridgehead atoms. The highest BCUT2D eigenvalue weighted by Crippen LogP contribution is 2.27. The average molecular weight is 304 g/mol. The number of nitrogens with one attached hydrogen (secondary N) is 1. The molecule has 3 N–H and O–H groups in total. The van der Waals surface area contributed by atoms with E-state index in [1.807, 2.05) is 32.0 Å². The minimum absolute atomic E-state index is 0.209. The minimum atomic E-state index is -3.65. The van der Waals surface area contributed by atoms with E-state index >= 15 is 0 Å². The average Bonchev–Trinajstić information content (AvgIpc) is 2.41. The molecule has 0 amide bonds. The highest BCUT2D eigenvalue weighted by Gasteiger charge is 2.19. The normalized spacial score (nSPS) is 11.6. The van der Waals surface area contributed by atoms with Gasteiger partial charge in [-0.2, -0.15) is 0 Å². The summed E-state index contributed by atoms with van der Waals surface area (Å²) in [5, 5.41) is 0. The fraction of sp³-hybridized carbons (Fsp3) is 0.250. The van der Waals surface area contributed by atoms with Crippen molar-refractivity contribution in [3.63, 3.8) is 0 Å². The highest BCUT2D eigenvalue weighted by atomic mass is 32.2. The van der Waals surface area contributed by atoms with Crippen molar-refractivity contribution in [2.45, 2.75) is 31.6 Å². The molecule has 5 heteroatoms. The Hall–Kier alpha value is -2.01. The van der Waals surface area contributed by atoms with E-state index in [2.05, 4.69) is 4.72 Å². The van der Waals surface area contributed by atoms with Crippen molar-refractivity contribution in [2.75, 3.05) is 10.5 Å². The van der Waals surface area contributed by atoms with Gasteiger partial charge in [-0.1, -0.05) is 38.1 Å². The zero-order valence-corrected chi connectivity index (χ0v) is 13.2. The van der Waals surface area contributed by atoms with Crippen LogP contribution in [0.2, 0.25) is 0 Å². The van der Waals surface area contributed by atoms with Crippen LogP contribution in [0.25, 0.3) is 0 Å². The smallest absolute Gasteiger partial charge is 0.262 e. The molecule has 0 aliphatic carbocycles. The van der Waals surface area contributed by atoms with Crippen molar-refractivity contribution in [3.8, 4) is 0 Å². The van der Waals surface area contributed by atoms with E-state index in [1.165, 1.54) is 6.07 Å². The third-order valence-corrected chi connectivity index (χ3v) is 4.84. The lowest BCUT2D eigenvalue weighted by molar-refractivity contribution is 0.600. The summed E-state index contributed by atoms with van der Waals surface area (Å²) in [5.41, 5.74) is 8.36. The molecule has 2 aromatic rings. The second kappa shape index (κ2) is 5.77. The van der Waals surface area contributed by atoms with Crippen molar-refractivity contribution < 1.29 is 8.42 Å². The molecule has 0 aliphatic heterocycles. The Kier molecular flexibility index (Phi) is 4.23. The summed E-state index contributed by atoms with van der Waals surface area (Å²) in [4.78, 5) is 0.209. The molecule has 21 heavy (non-hydrogen) atoms. The maximum absolute atomic E-state index is 12.6. The lowest BCUT2D eigenvalue weighted by atomic mass is 10.0. The van der Waals surface area contributed by atoms with E-state index in [0.717, 1.165) is 5.56 Å². The first-order valence-corrected chi connectivity index (χ1v) is 8.27. The molecule has 112 valence electrons. The van der Waals surface area contributed by atoms with Crippen molar-refractivity contribution in [1.29, 1.82) is 0 Å². The van der Waals surface area contributed by atoms with E-state index in [0.29, 0.717) is 16.9 Å². The molecule has 0 atom stereocenters. The van der Waals surface area contributed by atoms with Crippen LogP contribution in [0.3, 0.4) is 0 Å². The van der Waals surface area contributed by atoms with Gasteiger partial charge in [0.2, 0.25) is 0 Å². The van der Waals surface area contributed by atoms with Gasteiger partial charge in [-0.05, 0) is 42.2 Å². The van der Waals surface area contributed by atoms with Crippen LogP contribution in [-0.2, 0) is 10.0 Å². The van der Waals surface area contributed by atoms with Crippen molar-refractivity contribution in [3.05, 3.63) is 53.6 Å². The second-order valence-electron chi connectivity index (χ2n) is 5.37. The number of anilines is 2. The lowest BCUT2D eigenvalue weighted by Gasteiger charge is -2.16. The predicted octanol–water partition coefficient (Wildman–Crippen LogP) is 3.50. The number of benzene rings is 2. The molecule has 2 rings (SSSR count). The summed E-state index contributed by atoms with van der Waals surface area (Å²) in [5.74, 6) is 0.228. The number of rotatable bonds is 4. The molecule has 0 aliphatic rings. The minimum Gasteiger partial charge on any atom is -0.399 e. The van der Waals surface area contributed by atoms with Gasteiger partial charge in [-0.25, -0.2) is 8.42 Å². The Morgan fingerprint density at radius 1 is 1.10 bits per heavy atom. The number of aryl methyl sites for hydroxylation is 1. The van der Waals surface area contributed by atoms with E-state index in [1.54, 1.807) is 25.1 Å². The zero-order chi connectivity index (χ0) is 15.6. The molecular weight excluding hydrogens is 284 g/mol. The van der Waals surface area contributed by atoms with E-state index in [4.69, 9.17) is 5.73 Å². The van der Waals surface area contributed by atoms with Gasteiger partial charge in [-0.15, -0.1) is 0 Å². The van der Waals surface area contributed by atoms with E-state index in [-0.39, 0.29) is 10.8 Å². The van der Waals surface area contributed by atoms with Gasteiger partial charge >= 0.3 is 0 Å². The molecular formula is C16H20N2O2S. The van der Waals surface area contributed by atoms with Crippen molar-refractivity contribution in [1.82, 2.24) is 0 Å². The van der Waals surface area contributed by atoms with Gasteiger partial charge in [0.15, 0.2) is 0 Å². The number of hydrogen-bond acceptors (Lipinski definition) is 3. The molecule has 0 aromatic heterocycles. The molecule has 0 fully saturated rings. The lowest BCUT2D eigenvalue weighted by Crippen LogP contribution is -2.16. The highest BCUT2D eigenvalue weighted by molar-refractivity contribution is 7.92. The Balaban J connectivity index is 2.45.